The third-order valence-corrected chi connectivity index (χ3v) is 21.1. The molecule has 0 bridgehead atoms. The topological polar surface area (TPSA) is 168 Å². The molecule has 324 valence electrons. The molecule has 8 aliphatic carbocycles. The number of carbonyl (C=O) groups is 2. The van der Waals surface area contributed by atoms with Crippen molar-refractivity contribution in [3.8, 4) is 0 Å². The lowest BCUT2D eigenvalue weighted by Gasteiger charge is -2.63. The average molecular weight is 798 g/mol. The third-order valence-electron chi connectivity index (χ3n) is 21.1. The Morgan fingerprint density at radius 3 is 1.58 bits per heavy atom. The van der Waals surface area contributed by atoms with E-state index in [-0.39, 0.29) is 111 Å². The number of aliphatic hydroxyl groups excluding tert-OH is 5. The molecule has 1 unspecified atom stereocenters. The maximum absolute atomic E-state index is 13.7. The predicted molar refractivity (Wildman–Crippen MR) is 218 cm³/mol. The number of fused-ring (bicyclic) bond motifs is 10. The Balaban J connectivity index is 0.867. The van der Waals surface area contributed by atoms with Gasteiger partial charge in [-0.1, -0.05) is 41.5 Å². The van der Waals surface area contributed by atoms with Gasteiger partial charge in [0.25, 0.3) is 0 Å². The summed E-state index contributed by atoms with van der Waals surface area (Å²) in [5.74, 6) is 2.37. The molecule has 8 saturated carbocycles. The molecule has 22 atom stereocenters. The monoisotopic (exact) mass is 798 g/mol. The number of amides is 1. The van der Waals surface area contributed by atoms with Crippen molar-refractivity contribution in [2.75, 3.05) is 0 Å². The summed E-state index contributed by atoms with van der Waals surface area (Å²) < 4.78 is 0. The second kappa shape index (κ2) is 15.3. The van der Waals surface area contributed by atoms with Gasteiger partial charge in [0.05, 0.1) is 30.5 Å². The van der Waals surface area contributed by atoms with Crippen molar-refractivity contribution in [3.63, 3.8) is 0 Å². The molecule has 8 fully saturated rings. The van der Waals surface area contributed by atoms with Gasteiger partial charge < -0.3 is 36.0 Å². The summed E-state index contributed by atoms with van der Waals surface area (Å²) in [6.45, 7) is 13.7. The quantitative estimate of drug-likeness (QED) is 0.132. The Labute approximate surface area is 342 Å². The highest BCUT2D eigenvalue weighted by molar-refractivity contribution is 5.76. The van der Waals surface area contributed by atoms with Gasteiger partial charge in [-0.15, -0.1) is 0 Å². The largest absolute Gasteiger partial charge is 0.481 e. The SMILES string of the molecule is C[C@H](CCC(=O)O)C1CC[C@H]2[C@@H]3[C@H](O)C[C@@H]4C[C@@H](NC(=O)CC[C@@H](C)[C@H]5CC[C@H]6[C@@H]7[C@H](O)C[C@@H]8C[C@H](O)CC[C@]8(C)[C@H]7C[C@H](O)[C@]56C)CC[C@]4(C)[C@H]3C[C@H](O)[C@]12C. The van der Waals surface area contributed by atoms with E-state index in [1.54, 1.807) is 0 Å². The fourth-order valence-corrected chi connectivity index (χ4v) is 17.8. The second-order valence-corrected chi connectivity index (χ2v) is 23.1. The number of carbonyl (C=O) groups excluding carboxylic acids is 1. The first-order valence-electron chi connectivity index (χ1n) is 23.7. The van der Waals surface area contributed by atoms with Crippen LogP contribution in [0.3, 0.4) is 0 Å². The van der Waals surface area contributed by atoms with E-state index < -0.39 is 24.3 Å². The molecule has 57 heavy (non-hydrogen) atoms. The first-order valence-corrected chi connectivity index (χ1v) is 23.7. The van der Waals surface area contributed by atoms with Gasteiger partial charge in [0.1, 0.15) is 0 Å². The van der Waals surface area contributed by atoms with E-state index in [1.165, 1.54) is 0 Å². The maximum atomic E-state index is 13.7. The number of rotatable bonds is 9. The highest BCUT2D eigenvalue weighted by atomic mass is 16.4. The van der Waals surface area contributed by atoms with E-state index in [9.17, 15) is 40.2 Å². The molecule has 8 rings (SSSR count). The first kappa shape index (κ1) is 42.4. The van der Waals surface area contributed by atoms with E-state index in [0.29, 0.717) is 31.1 Å². The van der Waals surface area contributed by atoms with Gasteiger partial charge in [0, 0.05) is 18.9 Å². The predicted octanol–water partition coefficient (Wildman–Crippen LogP) is 6.95. The van der Waals surface area contributed by atoms with Crippen molar-refractivity contribution >= 4 is 11.9 Å². The lowest BCUT2D eigenvalue weighted by Crippen LogP contribution is -2.63. The van der Waals surface area contributed by atoms with Crippen LogP contribution in [0, 0.1) is 92.7 Å². The zero-order valence-electron chi connectivity index (χ0n) is 36.1. The standard InChI is InChI=1S/C48H79NO8/c1-25(31-9-11-34-44-36(24-40(54)47(31,34)5)46(4)18-16-30(50)20-28(46)22-38(44)52)7-13-41(55)49-29-15-17-45(3)27(19-29)21-37(51)43-33-12-10-32(26(2)8-14-42(56)57)48(33,6)39(53)23-35(43)45/h25-40,43-44,50-54H,7-24H2,1-6H3,(H,49,55)(H,56,57)/t25-,26-,27+,28+,29+,30-,31-,32?,33+,34+,35+,36+,37-,38-,39+,40+,43+,44+,45+,46+,47-,48-/m1/s1. The van der Waals surface area contributed by atoms with Crippen LogP contribution in [-0.2, 0) is 9.59 Å². The molecule has 9 heteroatoms. The number of carboxylic acids is 1. The molecule has 0 saturated heterocycles. The Bertz CT molecular complexity index is 1510. The zero-order chi connectivity index (χ0) is 41.0. The summed E-state index contributed by atoms with van der Waals surface area (Å²) in [6, 6.07) is 0.0868. The molecule has 0 aromatic rings. The molecule has 1 amide bonds. The second-order valence-electron chi connectivity index (χ2n) is 23.1. The molecule has 7 N–H and O–H groups in total. The van der Waals surface area contributed by atoms with Gasteiger partial charge in [-0.25, -0.2) is 0 Å². The van der Waals surface area contributed by atoms with Crippen molar-refractivity contribution in [1.82, 2.24) is 5.32 Å². The summed E-state index contributed by atoms with van der Waals surface area (Å²) in [7, 11) is 0. The van der Waals surface area contributed by atoms with Crippen molar-refractivity contribution in [1.29, 1.82) is 0 Å². The van der Waals surface area contributed by atoms with E-state index in [1.807, 2.05) is 0 Å². The number of carboxylic acid groups (broad SMARTS) is 1. The van der Waals surface area contributed by atoms with Gasteiger partial charge in [-0.05, 0) is 195 Å². The normalized spacial score (nSPS) is 53.9. The van der Waals surface area contributed by atoms with Crippen molar-refractivity contribution in [2.45, 2.75) is 194 Å². The number of hydrogen-bond donors (Lipinski definition) is 7. The van der Waals surface area contributed by atoms with Crippen molar-refractivity contribution < 1.29 is 40.2 Å². The summed E-state index contributed by atoms with van der Waals surface area (Å²) >= 11 is 0. The van der Waals surface area contributed by atoms with Gasteiger partial charge in [-0.3, -0.25) is 9.59 Å². The molecule has 8 aliphatic rings. The summed E-state index contributed by atoms with van der Waals surface area (Å²) in [6.07, 6.45) is 12.3. The summed E-state index contributed by atoms with van der Waals surface area (Å²) in [5.41, 5.74) is -0.514. The van der Waals surface area contributed by atoms with Crippen LogP contribution in [-0.4, -0.2) is 79.1 Å². The van der Waals surface area contributed by atoms with Gasteiger partial charge in [0.2, 0.25) is 5.91 Å². The fraction of sp³-hybridized carbons (Fsp3) is 0.958. The smallest absolute Gasteiger partial charge is 0.303 e. The summed E-state index contributed by atoms with van der Waals surface area (Å²) in [4.78, 5) is 25.0. The van der Waals surface area contributed by atoms with Gasteiger partial charge in [0.15, 0.2) is 0 Å². The molecule has 0 aliphatic heterocycles. The van der Waals surface area contributed by atoms with Crippen LogP contribution in [0.15, 0.2) is 0 Å². The number of hydrogen-bond acceptors (Lipinski definition) is 7. The Kier molecular flexibility index (Phi) is 11.4. The molecule has 0 heterocycles. The van der Waals surface area contributed by atoms with Crippen LogP contribution < -0.4 is 5.32 Å². The fourth-order valence-electron chi connectivity index (χ4n) is 17.8. The minimum atomic E-state index is -0.764. The zero-order valence-corrected chi connectivity index (χ0v) is 36.1. The van der Waals surface area contributed by atoms with Crippen LogP contribution in [0.4, 0.5) is 0 Å². The average Bonchev–Trinajstić information content (AvgIpc) is 3.70. The van der Waals surface area contributed by atoms with Crippen LogP contribution in [0.2, 0.25) is 0 Å². The van der Waals surface area contributed by atoms with Crippen molar-refractivity contribution in [3.05, 3.63) is 0 Å². The number of aliphatic carboxylic acids is 1. The van der Waals surface area contributed by atoms with E-state index in [2.05, 4.69) is 46.9 Å². The summed E-state index contributed by atoms with van der Waals surface area (Å²) in [5, 5.41) is 70.8. The van der Waals surface area contributed by atoms with E-state index in [4.69, 9.17) is 0 Å². The van der Waals surface area contributed by atoms with E-state index >= 15 is 0 Å². The third kappa shape index (κ3) is 6.70. The highest BCUT2D eigenvalue weighted by Gasteiger charge is 2.67. The Morgan fingerprint density at radius 1 is 0.596 bits per heavy atom. The molecule has 9 nitrogen and oxygen atoms in total. The minimum absolute atomic E-state index is 0.00569. The number of aliphatic hydroxyl groups is 5. The molecule has 0 radical (unpaired) electrons. The molecule has 0 spiro atoms. The molecular formula is C48H79NO8. The molecule has 0 aromatic carbocycles. The van der Waals surface area contributed by atoms with Gasteiger partial charge >= 0.3 is 5.97 Å². The number of nitrogens with one attached hydrogen (secondary N) is 1. The molecule has 0 aromatic heterocycles. The lowest BCUT2D eigenvalue weighted by atomic mass is 9.43. The van der Waals surface area contributed by atoms with Crippen molar-refractivity contribution in [2.24, 2.45) is 92.7 Å². The van der Waals surface area contributed by atoms with Gasteiger partial charge in [-0.2, -0.15) is 0 Å². The maximum Gasteiger partial charge on any atom is 0.303 e. The van der Waals surface area contributed by atoms with Crippen LogP contribution in [0.1, 0.15) is 157 Å². The van der Waals surface area contributed by atoms with E-state index in [0.717, 1.165) is 89.9 Å². The van der Waals surface area contributed by atoms with Crippen LogP contribution in [0.25, 0.3) is 0 Å². The van der Waals surface area contributed by atoms with Crippen LogP contribution >= 0.6 is 0 Å². The van der Waals surface area contributed by atoms with Crippen LogP contribution in [0.5, 0.6) is 0 Å². The Morgan fingerprint density at radius 2 is 1.07 bits per heavy atom. The minimum Gasteiger partial charge on any atom is -0.481 e. The lowest BCUT2D eigenvalue weighted by molar-refractivity contribution is -0.207. The highest BCUT2D eigenvalue weighted by Crippen LogP contribution is 2.70. The first-order chi connectivity index (χ1) is 26.8. The Hall–Kier alpha value is -1.26. The molecular weight excluding hydrogens is 719 g/mol.